The molecule has 2 atom stereocenters. The summed E-state index contributed by atoms with van der Waals surface area (Å²) < 4.78 is 38.0. The monoisotopic (exact) mass is 360 g/mol. The van der Waals surface area contributed by atoms with Gasteiger partial charge in [-0.2, -0.15) is 13.2 Å². The lowest BCUT2D eigenvalue weighted by atomic mass is 10.1. The summed E-state index contributed by atoms with van der Waals surface area (Å²) in [6, 6.07) is 3.96. The summed E-state index contributed by atoms with van der Waals surface area (Å²) in [4.78, 5) is 25.8. The van der Waals surface area contributed by atoms with E-state index in [0.29, 0.717) is 5.56 Å². The lowest BCUT2D eigenvalue weighted by Gasteiger charge is -2.30. The van der Waals surface area contributed by atoms with Crippen LogP contribution >= 0.6 is 11.8 Å². The first kappa shape index (κ1) is 18.6. The largest absolute Gasteiger partial charge is 0.416 e. The molecule has 0 radical (unpaired) electrons. The molecule has 0 saturated carbocycles. The van der Waals surface area contributed by atoms with Crippen molar-refractivity contribution >= 4 is 23.6 Å². The molecule has 1 heterocycles. The molecule has 1 N–H and O–H groups in total. The Hall–Kier alpha value is -1.70. The van der Waals surface area contributed by atoms with Crippen molar-refractivity contribution in [1.82, 2.24) is 10.2 Å². The van der Waals surface area contributed by atoms with Crippen molar-refractivity contribution in [2.45, 2.75) is 44.4 Å². The van der Waals surface area contributed by atoms with E-state index < -0.39 is 23.2 Å². The number of nitrogens with one attached hydrogen (secondary N) is 1. The van der Waals surface area contributed by atoms with Gasteiger partial charge in [0.1, 0.15) is 11.4 Å². The summed E-state index contributed by atoms with van der Waals surface area (Å²) in [7, 11) is 0. The van der Waals surface area contributed by atoms with Gasteiger partial charge in [-0.3, -0.25) is 9.59 Å². The molecule has 24 heavy (non-hydrogen) atoms. The molecular weight excluding hydrogens is 341 g/mol. The minimum Gasteiger partial charge on any atom is -0.352 e. The van der Waals surface area contributed by atoms with Crippen LogP contribution in [0.5, 0.6) is 0 Å². The second-order valence-electron chi connectivity index (χ2n) is 5.92. The Balaban J connectivity index is 2.22. The predicted molar refractivity (Wildman–Crippen MR) is 86.2 cm³/mol. The van der Waals surface area contributed by atoms with Crippen LogP contribution in [-0.4, -0.2) is 34.6 Å². The number of hydrogen-bond acceptors (Lipinski definition) is 3. The van der Waals surface area contributed by atoms with Crippen LogP contribution in [0.1, 0.15) is 37.3 Å². The highest BCUT2D eigenvalue weighted by Gasteiger charge is 2.39. The van der Waals surface area contributed by atoms with Crippen LogP contribution in [0, 0.1) is 0 Å². The molecule has 132 valence electrons. The number of benzene rings is 1. The molecule has 0 bridgehead atoms. The zero-order valence-corrected chi connectivity index (χ0v) is 14.4. The van der Waals surface area contributed by atoms with Crippen LogP contribution in [0.3, 0.4) is 0 Å². The highest BCUT2D eigenvalue weighted by Crippen LogP contribution is 2.41. The molecule has 1 aromatic rings. The molecule has 0 aromatic heterocycles. The Morgan fingerprint density at radius 2 is 1.83 bits per heavy atom. The molecule has 2 amide bonds. The Bertz CT molecular complexity index is 617. The van der Waals surface area contributed by atoms with Crippen molar-refractivity contribution in [3.63, 3.8) is 0 Å². The highest BCUT2D eigenvalue weighted by molar-refractivity contribution is 8.00. The van der Waals surface area contributed by atoms with Crippen LogP contribution in [0.15, 0.2) is 24.3 Å². The van der Waals surface area contributed by atoms with Crippen molar-refractivity contribution in [2.75, 3.05) is 5.75 Å². The van der Waals surface area contributed by atoms with E-state index >= 15 is 0 Å². The fraction of sp³-hybridized carbons (Fsp3) is 0.500. The molecule has 0 unspecified atom stereocenters. The number of carbonyl (C=O) groups excluding carboxylic acids is 2. The van der Waals surface area contributed by atoms with Crippen molar-refractivity contribution in [3.8, 4) is 0 Å². The van der Waals surface area contributed by atoms with Crippen LogP contribution in [0.4, 0.5) is 13.2 Å². The van der Waals surface area contributed by atoms with E-state index in [1.165, 1.54) is 28.8 Å². The first-order valence-electron chi connectivity index (χ1n) is 7.51. The van der Waals surface area contributed by atoms with Crippen LogP contribution in [0.2, 0.25) is 0 Å². The Kier molecular flexibility index (Phi) is 5.47. The van der Waals surface area contributed by atoms with Gasteiger partial charge in [-0.25, -0.2) is 0 Å². The third-order valence-electron chi connectivity index (χ3n) is 3.66. The molecule has 0 spiro atoms. The first-order chi connectivity index (χ1) is 11.1. The van der Waals surface area contributed by atoms with Gasteiger partial charge >= 0.3 is 6.18 Å². The summed E-state index contributed by atoms with van der Waals surface area (Å²) in [6.45, 7) is 5.26. The van der Waals surface area contributed by atoms with Gasteiger partial charge in [-0.15, -0.1) is 11.8 Å². The number of thioether (sulfide) groups is 1. The molecular formula is C16H19F3N2O2S. The normalized spacial score (nSPS) is 19.7. The third-order valence-corrected chi connectivity index (χ3v) is 4.88. The van der Waals surface area contributed by atoms with Crippen LogP contribution in [0.25, 0.3) is 0 Å². The van der Waals surface area contributed by atoms with Gasteiger partial charge in [0, 0.05) is 6.04 Å². The van der Waals surface area contributed by atoms with Crippen LogP contribution < -0.4 is 5.32 Å². The standard InChI is InChI=1S/C16H19F3N2O2S/c1-9(2)20-14(23)10(3)21-13(22)8-24-15(21)11-4-6-12(7-5-11)16(17,18)19/h4-7,9-10,15H,8H2,1-3H3,(H,20,23)/t10-,15-/m1/s1. The lowest BCUT2D eigenvalue weighted by Crippen LogP contribution is -2.48. The first-order valence-corrected chi connectivity index (χ1v) is 8.56. The molecule has 8 heteroatoms. The average Bonchev–Trinajstić information content (AvgIpc) is 2.86. The second-order valence-corrected chi connectivity index (χ2v) is 6.99. The summed E-state index contributed by atoms with van der Waals surface area (Å²) in [5.74, 6) is -0.278. The number of halogens is 3. The van der Waals surface area contributed by atoms with E-state index in [4.69, 9.17) is 0 Å². The van der Waals surface area contributed by atoms with Gasteiger partial charge < -0.3 is 10.2 Å². The van der Waals surface area contributed by atoms with E-state index in [2.05, 4.69) is 5.32 Å². The van der Waals surface area contributed by atoms with E-state index in [9.17, 15) is 22.8 Å². The summed E-state index contributed by atoms with van der Waals surface area (Å²) in [5, 5.41) is 2.29. The van der Waals surface area contributed by atoms with E-state index in [0.717, 1.165) is 12.1 Å². The van der Waals surface area contributed by atoms with E-state index in [-0.39, 0.29) is 23.6 Å². The van der Waals surface area contributed by atoms with E-state index in [1.54, 1.807) is 6.92 Å². The molecule has 1 aromatic carbocycles. The smallest absolute Gasteiger partial charge is 0.352 e. The van der Waals surface area contributed by atoms with Crippen molar-refractivity contribution in [1.29, 1.82) is 0 Å². The zero-order chi connectivity index (χ0) is 18.1. The van der Waals surface area contributed by atoms with Crippen molar-refractivity contribution in [2.24, 2.45) is 0 Å². The quantitative estimate of drug-likeness (QED) is 0.897. The lowest BCUT2D eigenvalue weighted by molar-refractivity contribution is -0.138. The van der Waals surface area contributed by atoms with Crippen molar-refractivity contribution in [3.05, 3.63) is 35.4 Å². The Labute approximate surface area is 142 Å². The number of carbonyl (C=O) groups is 2. The Morgan fingerprint density at radius 1 is 1.25 bits per heavy atom. The molecule has 4 nitrogen and oxygen atoms in total. The van der Waals surface area contributed by atoms with Gasteiger partial charge in [0.05, 0.1) is 11.3 Å². The fourth-order valence-electron chi connectivity index (χ4n) is 2.48. The minimum absolute atomic E-state index is 0.0603. The number of rotatable bonds is 4. The molecule has 0 aliphatic carbocycles. The molecule has 1 aliphatic rings. The zero-order valence-electron chi connectivity index (χ0n) is 13.6. The van der Waals surface area contributed by atoms with Crippen molar-refractivity contribution < 1.29 is 22.8 Å². The van der Waals surface area contributed by atoms with Gasteiger partial charge in [0.15, 0.2) is 0 Å². The predicted octanol–water partition coefficient (Wildman–Crippen LogP) is 3.19. The topological polar surface area (TPSA) is 49.4 Å². The number of hydrogen-bond donors (Lipinski definition) is 1. The number of amides is 2. The van der Waals surface area contributed by atoms with Crippen LogP contribution in [-0.2, 0) is 15.8 Å². The van der Waals surface area contributed by atoms with Gasteiger partial charge in [-0.05, 0) is 38.5 Å². The minimum atomic E-state index is -4.40. The SMILES string of the molecule is CC(C)NC(=O)[C@@H](C)N1C(=O)CS[C@@H]1c1ccc(C(F)(F)F)cc1. The third kappa shape index (κ3) is 4.03. The van der Waals surface area contributed by atoms with Gasteiger partial charge in [0.25, 0.3) is 0 Å². The maximum atomic E-state index is 12.7. The summed E-state index contributed by atoms with van der Waals surface area (Å²) in [5.41, 5.74) is -0.166. The summed E-state index contributed by atoms with van der Waals surface area (Å²) >= 11 is 1.30. The van der Waals surface area contributed by atoms with Gasteiger partial charge in [0.2, 0.25) is 11.8 Å². The molecule has 1 aliphatic heterocycles. The maximum absolute atomic E-state index is 12.7. The summed E-state index contributed by atoms with van der Waals surface area (Å²) in [6.07, 6.45) is -4.40. The highest BCUT2D eigenvalue weighted by atomic mass is 32.2. The van der Waals surface area contributed by atoms with E-state index in [1.807, 2.05) is 13.8 Å². The number of alkyl halides is 3. The molecule has 1 saturated heterocycles. The molecule has 1 fully saturated rings. The molecule has 2 rings (SSSR count). The fourth-order valence-corrected chi connectivity index (χ4v) is 3.74. The second kappa shape index (κ2) is 7.04. The number of nitrogens with zero attached hydrogens (tertiary/aromatic N) is 1. The Morgan fingerprint density at radius 3 is 2.33 bits per heavy atom. The maximum Gasteiger partial charge on any atom is 0.416 e. The average molecular weight is 360 g/mol. The van der Waals surface area contributed by atoms with Gasteiger partial charge in [-0.1, -0.05) is 12.1 Å².